The topological polar surface area (TPSA) is 49.9 Å². The van der Waals surface area contributed by atoms with Crippen LogP contribution in [0.2, 0.25) is 0 Å². The zero-order valence-electron chi connectivity index (χ0n) is 19.8. The molecule has 0 atom stereocenters. The molecule has 0 radical (unpaired) electrons. The molecule has 0 aliphatic heterocycles. The molecule has 0 saturated heterocycles. The lowest BCUT2D eigenvalue weighted by atomic mass is 10.1. The molecule has 3 aromatic rings. The Morgan fingerprint density at radius 2 is 1.64 bits per heavy atom. The Labute approximate surface area is 200 Å². The molecule has 3 rings (SSSR count). The highest BCUT2D eigenvalue weighted by Gasteiger charge is 2.25. The number of aryl methyl sites for hydroxylation is 1. The van der Waals surface area contributed by atoms with Gasteiger partial charge in [-0.05, 0) is 47.5 Å². The average molecular weight is 465 g/mol. The van der Waals surface area contributed by atoms with Crippen LogP contribution in [0.1, 0.15) is 40.2 Å². The predicted octanol–water partition coefficient (Wildman–Crippen LogP) is 5.39. The largest absolute Gasteiger partial charge is 0.496 e. The summed E-state index contributed by atoms with van der Waals surface area (Å²) in [7, 11) is 1.55. The summed E-state index contributed by atoms with van der Waals surface area (Å²) in [5.74, 6) is 0.467. The zero-order valence-corrected chi connectivity index (χ0v) is 20.6. The van der Waals surface area contributed by atoms with Crippen LogP contribution in [-0.2, 0) is 17.9 Å². The molecule has 0 unspecified atom stereocenters. The van der Waals surface area contributed by atoms with Crippen LogP contribution in [0.3, 0.4) is 0 Å². The molecule has 0 fully saturated rings. The predicted molar refractivity (Wildman–Crippen MR) is 133 cm³/mol. The highest BCUT2D eigenvalue weighted by atomic mass is 32.1. The molecular weight excluding hydrogens is 432 g/mol. The molecule has 2 amide bonds. The van der Waals surface area contributed by atoms with Gasteiger partial charge in [0.2, 0.25) is 5.91 Å². The molecule has 1 heterocycles. The smallest absolute Gasteiger partial charge is 0.258 e. The van der Waals surface area contributed by atoms with Gasteiger partial charge in [0.25, 0.3) is 5.91 Å². The first-order chi connectivity index (χ1) is 15.9. The summed E-state index contributed by atoms with van der Waals surface area (Å²) in [6, 6.07) is 19.2. The monoisotopic (exact) mass is 464 g/mol. The Morgan fingerprint density at radius 1 is 0.939 bits per heavy atom. The van der Waals surface area contributed by atoms with Gasteiger partial charge in [-0.3, -0.25) is 9.59 Å². The molecule has 0 aliphatic carbocycles. The van der Waals surface area contributed by atoms with Crippen LogP contribution in [0, 0.1) is 12.8 Å². The second-order valence-electron chi connectivity index (χ2n) is 8.54. The second-order valence-corrected chi connectivity index (χ2v) is 9.54. The molecule has 0 aliphatic rings. The van der Waals surface area contributed by atoms with Gasteiger partial charge in [0.05, 0.1) is 19.2 Å². The summed E-state index contributed by atoms with van der Waals surface area (Å²) in [4.78, 5) is 31.6. The number of ether oxygens (including phenoxy) is 1. The van der Waals surface area contributed by atoms with Crippen LogP contribution < -0.4 is 4.74 Å². The fourth-order valence-electron chi connectivity index (χ4n) is 3.69. The van der Waals surface area contributed by atoms with Crippen LogP contribution in [0.15, 0.2) is 66.0 Å². The van der Waals surface area contributed by atoms with Gasteiger partial charge in [-0.1, -0.05) is 56.3 Å². The SMILES string of the molecule is COc1ccccc1C(=O)N(CC(=O)N(Cc1ccccc1)Cc1sccc1C)CC(C)C. The molecule has 5 nitrogen and oxygen atoms in total. The van der Waals surface area contributed by atoms with E-state index in [-0.39, 0.29) is 24.3 Å². The van der Waals surface area contributed by atoms with Crippen molar-refractivity contribution in [1.29, 1.82) is 0 Å². The number of rotatable bonds is 10. The fourth-order valence-corrected chi connectivity index (χ4v) is 4.61. The van der Waals surface area contributed by atoms with Crippen molar-refractivity contribution in [3.8, 4) is 5.75 Å². The van der Waals surface area contributed by atoms with Crippen LogP contribution in [-0.4, -0.2) is 41.8 Å². The first-order valence-electron chi connectivity index (χ1n) is 11.2. The van der Waals surface area contributed by atoms with Crippen LogP contribution in [0.5, 0.6) is 5.75 Å². The van der Waals surface area contributed by atoms with E-state index in [2.05, 4.69) is 13.0 Å². The van der Waals surface area contributed by atoms with Crippen molar-refractivity contribution >= 4 is 23.2 Å². The number of carbonyl (C=O) groups is 2. The first kappa shape index (κ1) is 24.5. The second kappa shape index (κ2) is 11.7. The van der Waals surface area contributed by atoms with E-state index < -0.39 is 0 Å². The van der Waals surface area contributed by atoms with E-state index in [1.165, 1.54) is 5.56 Å². The van der Waals surface area contributed by atoms with Crippen molar-refractivity contribution in [3.05, 3.63) is 87.6 Å². The van der Waals surface area contributed by atoms with Crippen molar-refractivity contribution in [3.63, 3.8) is 0 Å². The van der Waals surface area contributed by atoms with E-state index in [1.54, 1.807) is 35.5 Å². The standard InChI is InChI=1S/C27H32N2O3S/c1-20(2)16-29(27(31)23-12-8-9-13-24(23)32-4)19-26(30)28(17-22-10-6-5-7-11-22)18-25-21(3)14-15-33-25/h5-15,20H,16-19H2,1-4H3. The van der Waals surface area contributed by atoms with Gasteiger partial charge in [-0.2, -0.15) is 0 Å². The molecule has 0 N–H and O–H groups in total. The van der Waals surface area contributed by atoms with Crippen molar-refractivity contribution in [2.45, 2.75) is 33.9 Å². The lowest BCUT2D eigenvalue weighted by molar-refractivity contribution is -0.133. The summed E-state index contributed by atoms with van der Waals surface area (Å²) in [6.45, 7) is 7.68. The molecule has 0 bridgehead atoms. The Morgan fingerprint density at radius 3 is 2.27 bits per heavy atom. The number of thiophene rings is 1. The third-order valence-electron chi connectivity index (χ3n) is 5.41. The molecular formula is C27H32N2O3S. The van der Waals surface area contributed by atoms with Crippen LogP contribution in [0.25, 0.3) is 0 Å². The normalized spacial score (nSPS) is 10.8. The highest BCUT2D eigenvalue weighted by Crippen LogP contribution is 2.22. The fraction of sp³-hybridized carbons (Fsp3) is 0.333. The summed E-state index contributed by atoms with van der Waals surface area (Å²) in [5, 5.41) is 2.05. The Bertz CT molecular complexity index is 1060. The number of hydrogen-bond acceptors (Lipinski definition) is 4. The molecule has 2 aromatic carbocycles. The van der Waals surface area contributed by atoms with E-state index in [9.17, 15) is 9.59 Å². The lowest BCUT2D eigenvalue weighted by Gasteiger charge is -2.29. The third kappa shape index (κ3) is 6.68. The molecule has 33 heavy (non-hydrogen) atoms. The summed E-state index contributed by atoms with van der Waals surface area (Å²) < 4.78 is 5.39. The van der Waals surface area contributed by atoms with E-state index >= 15 is 0 Å². The minimum Gasteiger partial charge on any atom is -0.496 e. The van der Waals surface area contributed by atoms with Crippen molar-refractivity contribution in [2.75, 3.05) is 20.2 Å². The van der Waals surface area contributed by atoms with Gasteiger partial charge in [0.1, 0.15) is 12.3 Å². The minimum atomic E-state index is -0.193. The number of carbonyl (C=O) groups excluding carboxylic acids is 2. The van der Waals surface area contributed by atoms with Gasteiger partial charge >= 0.3 is 0 Å². The Balaban J connectivity index is 1.85. The van der Waals surface area contributed by atoms with Crippen molar-refractivity contribution in [2.24, 2.45) is 5.92 Å². The number of benzene rings is 2. The Kier molecular flexibility index (Phi) is 8.66. The maximum atomic E-state index is 13.6. The summed E-state index contributed by atoms with van der Waals surface area (Å²) >= 11 is 1.65. The number of nitrogens with zero attached hydrogens (tertiary/aromatic N) is 2. The number of para-hydroxylation sites is 1. The maximum Gasteiger partial charge on any atom is 0.258 e. The van der Waals surface area contributed by atoms with E-state index in [4.69, 9.17) is 4.74 Å². The van der Waals surface area contributed by atoms with Gasteiger partial charge < -0.3 is 14.5 Å². The van der Waals surface area contributed by atoms with Gasteiger partial charge in [0, 0.05) is 18.0 Å². The molecule has 0 spiro atoms. The third-order valence-corrected chi connectivity index (χ3v) is 6.42. The molecule has 174 valence electrons. The van der Waals surface area contributed by atoms with Gasteiger partial charge in [-0.25, -0.2) is 0 Å². The van der Waals surface area contributed by atoms with Crippen LogP contribution in [0.4, 0.5) is 0 Å². The van der Waals surface area contributed by atoms with E-state index in [0.717, 1.165) is 10.4 Å². The van der Waals surface area contributed by atoms with Gasteiger partial charge in [-0.15, -0.1) is 11.3 Å². The lowest BCUT2D eigenvalue weighted by Crippen LogP contribution is -2.44. The van der Waals surface area contributed by atoms with E-state index in [0.29, 0.717) is 30.9 Å². The van der Waals surface area contributed by atoms with Crippen LogP contribution >= 0.6 is 11.3 Å². The number of hydrogen-bond donors (Lipinski definition) is 0. The maximum absolute atomic E-state index is 13.6. The average Bonchev–Trinajstić information content (AvgIpc) is 3.22. The highest BCUT2D eigenvalue weighted by molar-refractivity contribution is 7.10. The molecule has 6 heteroatoms. The Hall–Kier alpha value is -3.12. The van der Waals surface area contributed by atoms with Crippen molar-refractivity contribution < 1.29 is 14.3 Å². The molecule has 1 aromatic heterocycles. The molecule has 0 saturated carbocycles. The quantitative estimate of drug-likeness (QED) is 0.404. The van der Waals surface area contributed by atoms with Crippen molar-refractivity contribution in [1.82, 2.24) is 9.80 Å². The summed E-state index contributed by atoms with van der Waals surface area (Å²) in [6.07, 6.45) is 0. The van der Waals surface area contributed by atoms with E-state index in [1.807, 2.05) is 66.6 Å². The zero-order chi connectivity index (χ0) is 23.8. The summed E-state index contributed by atoms with van der Waals surface area (Å²) in [5.41, 5.74) is 2.71. The minimum absolute atomic E-state index is 0.0202. The first-order valence-corrected chi connectivity index (χ1v) is 12.0. The van der Waals surface area contributed by atoms with Gasteiger partial charge in [0.15, 0.2) is 0 Å². The number of methoxy groups -OCH3 is 1. The number of amides is 2.